The summed E-state index contributed by atoms with van der Waals surface area (Å²) >= 11 is 0. The van der Waals surface area contributed by atoms with E-state index in [1.807, 2.05) is 19.1 Å². The first kappa shape index (κ1) is 12.5. The quantitative estimate of drug-likeness (QED) is 0.914. The molecule has 1 heterocycles. The zero-order valence-electron chi connectivity index (χ0n) is 9.58. The maximum atomic E-state index is 12.1. The summed E-state index contributed by atoms with van der Waals surface area (Å²) in [6.07, 6.45) is -3.12. The third-order valence-corrected chi connectivity index (χ3v) is 2.34. The number of aryl methyl sites for hydroxylation is 1. The fourth-order valence-electron chi connectivity index (χ4n) is 1.47. The third kappa shape index (κ3) is 3.03. The average molecular weight is 256 g/mol. The van der Waals surface area contributed by atoms with Crippen molar-refractivity contribution >= 4 is 0 Å². The summed E-state index contributed by atoms with van der Waals surface area (Å²) in [4.78, 5) is 0. The van der Waals surface area contributed by atoms with Crippen molar-refractivity contribution < 1.29 is 17.9 Å². The Morgan fingerprint density at radius 1 is 1.22 bits per heavy atom. The normalized spacial score (nSPS) is 11.6. The largest absolute Gasteiger partial charge is 0.480 e. The Bertz CT molecular complexity index is 517. The van der Waals surface area contributed by atoms with Gasteiger partial charge in [0.25, 0.3) is 0 Å². The first-order valence-electron chi connectivity index (χ1n) is 5.26. The highest BCUT2D eigenvalue weighted by Crippen LogP contribution is 2.28. The summed E-state index contributed by atoms with van der Waals surface area (Å²) in [5, 5.41) is 6.34. The lowest BCUT2D eigenvalue weighted by Gasteiger charge is -2.09. The fraction of sp³-hybridized carbons (Fsp3) is 0.250. The number of H-pyrrole nitrogens is 1. The van der Waals surface area contributed by atoms with E-state index < -0.39 is 12.8 Å². The summed E-state index contributed by atoms with van der Waals surface area (Å²) in [6, 6.07) is 7.32. The molecule has 6 heteroatoms. The van der Waals surface area contributed by atoms with Gasteiger partial charge in [-0.25, -0.2) is 0 Å². The van der Waals surface area contributed by atoms with Crippen LogP contribution in [0.15, 0.2) is 30.5 Å². The molecule has 0 aliphatic heterocycles. The highest BCUT2D eigenvalue weighted by Gasteiger charge is 2.29. The number of ether oxygens (including phenoxy) is 1. The van der Waals surface area contributed by atoms with E-state index in [-0.39, 0.29) is 5.75 Å². The van der Waals surface area contributed by atoms with Crippen molar-refractivity contribution in [1.82, 2.24) is 10.2 Å². The Labute approximate surface area is 102 Å². The average Bonchev–Trinajstić information content (AvgIpc) is 2.75. The van der Waals surface area contributed by atoms with Crippen molar-refractivity contribution in [1.29, 1.82) is 0 Å². The molecule has 1 N–H and O–H groups in total. The molecule has 1 aromatic heterocycles. The van der Waals surface area contributed by atoms with Crippen molar-refractivity contribution in [2.45, 2.75) is 13.1 Å². The first-order chi connectivity index (χ1) is 8.46. The van der Waals surface area contributed by atoms with Gasteiger partial charge in [-0.1, -0.05) is 29.8 Å². The molecule has 0 aliphatic carbocycles. The molecule has 18 heavy (non-hydrogen) atoms. The SMILES string of the molecule is Cc1ccc(-c2[nH]ncc2OCC(F)(F)F)cc1. The number of nitrogens with one attached hydrogen (secondary N) is 1. The van der Waals surface area contributed by atoms with Crippen LogP contribution >= 0.6 is 0 Å². The summed E-state index contributed by atoms with van der Waals surface area (Å²) in [5.41, 5.74) is 2.24. The Balaban J connectivity index is 2.20. The molecule has 0 spiro atoms. The van der Waals surface area contributed by atoms with Gasteiger partial charge in [-0.3, -0.25) is 5.10 Å². The van der Waals surface area contributed by atoms with Crippen LogP contribution in [-0.2, 0) is 0 Å². The lowest BCUT2D eigenvalue weighted by Crippen LogP contribution is -2.19. The number of hydrogen-bond donors (Lipinski definition) is 1. The van der Waals surface area contributed by atoms with Gasteiger partial charge in [0.05, 0.1) is 6.20 Å². The smallest absolute Gasteiger partial charge is 0.422 e. The van der Waals surface area contributed by atoms with Gasteiger partial charge < -0.3 is 4.74 Å². The van der Waals surface area contributed by atoms with E-state index >= 15 is 0 Å². The molecular weight excluding hydrogens is 245 g/mol. The van der Waals surface area contributed by atoms with E-state index in [1.54, 1.807) is 12.1 Å². The molecule has 2 rings (SSSR count). The molecule has 0 amide bonds. The molecule has 96 valence electrons. The van der Waals surface area contributed by atoms with E-state index in [4.69, 9.17) is 4.74 Å². The van der Waals surface area contributed by atoms with Gasteiger partial charge >= 0.3 is 6.18 Å². The molecule has 0 atom stereocenters. The lowest BCUT2D eigenvalue weighted by molar-refractivity contribution is -0.153. The van der Waals surface area contributed by atoms with Crippen LogP contribution in [-0.4, -0.2) is 23.0 Å². The molecule has 0 bridgehead atoms. The van der Waals surface area contributed by atoms with Gasteiger partial charge in [0.15, 0.2) is 12.4 Å². The molecule has 3 nitrogen and oxygen atoms in total. The molecule has 0 saturated heterocycles. The molecule has 0 unspecified atom stereocenters. The summed E-state index contributed by atoms with van der Waals surface area (Å²) in [5.74, 6) is 0.0937. The van der Waals surface area contributed by atoms with Gasteiger partial charge in [-0.2, -0.15) is 18.3 Å². The van der Waals surface area contributed by atoms with Gasteiger partial charge in [0, 0.05) is 5.56 Å². The second-order valence-corrected chi connectivity index (χ2v) is 3.88. The molecule has 0 aliphatic rings. The van der Waals surface area contributed by atoms with Crippen LogP contribution in [0.1, 0.15) is 5.56 Å². The van der Waals surface area contributed by atoms with Crippen LogP contribution in [0.2, 0.25) is 0 Å². The Morgan fingerprint density at radius 2 is 1.89 bits per heavy atom. The number of alkyl halides is 3. The minimum Gasteiger partial charge on any atom is -0.480 e. The van der Waals surface area contributed by atoms with Crippen molar-refractivity contribution in [3.05, 3.63) is 36.0 Å². The molecule has 1 aromatic carbocycles. The number of benzene rings is 1. The van der Waals surface area contributed by atoms with Gasteiger partial charge in [0.2, 0.25) is 0 Å². The zero-order valence-corrected chi connectivity index (χ0v) is 9.58. The predicted molar refractivity (Wildman–Crippen MR) is 60.3 cm³/mol. The molecule has 0 fully saturated rings. The zero-order chi connectivity index (χ0) is 13.2. The van der Waals surface area contributed by atoms with Crippen LogP contribution in [0.4, 0.5) is 13.2 Å². The maximum absolute atomic E-state index is 12.1. The minimum atomic E-state index is -4.36. The topological polar surface area (TPSA) is 37.9 Å². The number of halogens is 3. The maximum Gasteiger partial charge on any atom is 0.422 e. The monoisotopic (exact) mass is 256 g/mol. The molecule has 0 saturated carbocycles. The first-order valence-corrected chi connectivity index (χ1v) is 5.26. The van der Waals surface area contributed by atoms with E-state index in [2.05, 4.69) is 10.2 Å². The Hall–Kier alpha value is -1.98. The summed E-state index contributed by atoms with van der Waals surface area (Å²) < 4.78 is 40.9. The predicted octanol–water partition coefficient (Wildman–Crippen LogP) is 3.33. The summed E-state index contributed by atoms with van der Waals surface area (Å²) in [7, 11) is 0. The highest BCUT2D eigenvalue weighted by molar-refractivity contribution is 5.65. The number of hydrogen-bond acceptors (Lipinski definition) is 2. The van der Waals surface area contributed by atoms with E-state index in [9.17, 15) is 13.2 Å². The molecule has 2 aromatic rings. The highest BCUT2D eigenvalue weighted by atomic mass is 19.4. The van der Waals surface area contributed by atoms with Gasteiger partial charge in [-0.05, 0) is 6.92 Å². The van der Waals surface area contributed by atoms with Crippen LogP contribution in [0.3, 0.4) is 0 Å². The number of nitrogens with zero attached hydrogens (tertiary/aromatic N) is 1. The van der Waals surface area contributed by atoms with Crippen molar-refractivity contribution in [2.24, 2.45) is 0 Å². The Kier molecular flexibility index (Phi) is 3.27. The van der Waals surface area contributed by atoms with E-state index in [0.717, 1.165) is 11.1 Å². The van der Waals surface area contributed by atoms with Gasteiger partial charge in [-0.15, -0.1) is 0 Å². The number of aromatic nitrogens is 2. The number of rotatable bonds is 3. The third-order valence-electron chi connectivity index (χ3n) is 2.34. The second kappa shape index (κ2) is 4.72. The standard InChI is InChI=1S/C12H11F3N2O/c1-8-2-4-9(5-3-8)11-10(6-16-17-11)18-7-12(13,14)15/h2-6H,7H2,1H3,(H,16,17). The minimum absolute atomic E-state index is 0.0937. The number of aromatic amines is 1. The van der Waals surface area contributed by atoms with Crippen molar-refractivity contribution in [3.63, 3.8) is 0 Å². The van der Waals surface area contributed by atoms with E-state index in [1.165, 1.54) is 6.20 Å². The molecular formula is C12H11F3N2O. The lowest BCUT2D eigenvalue weighted by atomic mass is 10.1. The van der Waals surface area contributed by atoms with E-state index in [0.29, 0.717) is 5.69 Å². The van der Waals surface area contributed by atoms with Crippen molar-refractivity contribution in [3.8, 4) is 17.0 Å². The van der Waals surface area contributed by atoms with Gasteiger partial charge in [0.1, 0.15) is 5.69 Å². The van der Waals surface area contributed by atoms with Crippen LogP contribution in [0.5, 0.6) is 5.75 Å². The van der Waals surface area contributed by atoms with Crippen LogP contribution in [0, 0.1) is 6.92 Å². The Morgan fingerprint density at radius 3 is 2.50 bits per heavy atom. The van der Waals surface area contributed by atoms with Crippen LogP contribution in [0.25, 0.3) is 11.3 Å². The summed E-state index contributed by atoms with van der Waals surface area (Å²) in [6.45, 7) is 0.600. The second-order valence-electron chi connectivity index (χ2n) is 3.88. The fourth-order valence-corrected chi connectivity index (χ4v) is 1.47. The van der Waals surface area contributed by atoms with Crippen molar-refractivity contribution in [2.75, 3.05) is 6.61 Å². The van der Waals surface area contributed by atoms with Crippen LogP contribution < -0.4 is 4.74 Å². The molecule has 0 radical (unpaired) electrons.